The van der Waals surface area contributed by atoms with Crippen molar-refractivity contribution in [1.29, 1.82) is 0 Å². The predicted molar refractivity (Wildman–Crippen MR) is 120 cm³/mol. The second kappa shape index (κ2) is 9.90. The molecule has 1 N–H and O–H groups in total. The van der Waals surface area contributed by atoms with Crippen LogP contribution in [0.1, 0.15) is 37.3 Å². The first kappa shape index (κ1) is 22.0. The van der Waals surface area contributed by atoms with E-state index in [2.05, 4.69) is 22.4 Å². The van der Waals surface area contributed by atoms with Gasteiger partial charge in [0.1, 0.15) is 10.6 Å². The van der Waals surface area contributed by atoms with E-state index in [0.29, 0.717) is 10.7 Å². The highest BCUT2D eigenvalue weighted by Gasteiger charge is 2.29. The number of thioether (sulfide) groups is 1. The summed E-state index contributed by atoms with van der Waals surface area (Å²) < 4.78 is 30.1. The Balaban J connectivity index is 1.66. The van der Waals surface area contributed by atoms with Crippen molar-refractivity contribution < 1.29 is 17.4 Å². The monoisotopic (exact) mass is 445 g/mol. The number of nitrogens with one attached hydrogen (secondary N) is 1. The lowest BCUT2D eigenvalue weighted by Gasteiger charge is -2.07. The molecule has 1 heterocycles. The van der Waals surface area contributed by atoms with Crippen molar-refractivity contribution >= 4 is 39.2 Å². The Hall–Kier alpha value is -2.65. The molecule has 1 atom stereocenters. The smallest absolute Gasteiger partial charge is 0.339 e. The molecular formula is C21H23N3O4S2. The number of amidine groups is 1. The fraction of sp³-hybridized carbons (Fsp3) is 0.286. The third kappa shape index (κ3) is 5.93. The maximum absolute atomic E-state index is 12.4. The average molecular weight is 446 g/mol. The molecule has 158 valence electrons. The van der Waals surface area contributed by atoms with E-state index in [1.807, 2.05) is 6.92 Å². The number of benzene rings is 2. The summed E-state index contributed by atoms with van der Waals surface area (Å²) in [6, 6.07) is 13.0. The molecule has 7 nitrogen and oxygen atoms in total. The number of carbonyl (C=O) groups excluding carboxylic acids is 1. The summed E-state index contributed by atoms with van der Waals surface area (Å²) in [7, 11) is -3.92. The van der Waals surface area contributed by atoms with Gasteiger partial charge in [0.15, 0.2) is 5.17 Å². The SMILES string of the molecule is CCCC[C@H]1S/C(=N\N=C/c2cccc(OS(=O)(=O)c3ccc(C)cc3)c2)NC1=O. The number of amides is 1. The minimum absolute atomic E-state index is 0.0425. The number of hydrogen-bond donors (Lipinski definition) is 1. The highest BCUT2D eigenvalue weighted by molar-refractivity contribution is 8.15. The molecule has 9 heteroatoms. The molecule has 0 saturated carbocycles. The van der Waals surface area contributed by atoms with Crippen molar-refractivity contribution in [3.63, 3.8) is 0 Å². The van der Waals surface area contributed by atoms with Gasteiger partial charge in [0.05, 0.1) is 11.5 Å². The van der Waals surface area contributed by atoms with Crippen LogP contribution in [-0.2, 0) is 14.9 Å². The Morgan fingerprint density at radius 3 is 2.70 bits per heavy atom. The van der Waals surface area contributed by atoms with E-state index in [1.54, 1.807) is 36.4 Å². The summed E-state index contributed by atoms with van der Waals surface area (Å²) in [6.45, 7) is 3.96. The molecule has 1 saturated heterocycles. The van der Waals surface area contributed by atoms with Gasteiger partial charge >= 0.3 is 10.1 Å². The Kier molecular flexibility index (Phi) is 7.28. The summed E-state index contributed by atoms with van der Waals surface area (Å²) in [5.74, 6) is 0.134. The predicted octanol–water partition coefficient (Wildman–Crippen LogP) is 3.87. The highest BCUT2D eigenvalue weighted by Crippen LogP contribution is 2.24. The number of carbonyl (C=O) groups is 1. The van der Waals surface area contributed by atoms with E-state index in [1.165, 1.54) is 30.1 Å². The van der Waals surface area contributed by atoms with Crippen LogP contribution >= 0.6 is 11.8 Å². The summed E-state index contributed by atoms with van der Waals surface area (Å²) in [5.41, 5.74) is 1.58. The molecule has 0 aliphatic carbocycles. The first-order valence-electron chi connectivity index (χ1n) is 9.57. The van der Waals surface area contributed by atoms with E-state index in [0.717, 1.165) is 24.8 Å². The topological polar surface area (TPSA) is 97.2 Å². The van der Waals surface area contributed by atoms with Crippen LogP contribution in [0, 0.1) is 6.92 Å². The van der Waals surface area contributed by atoms with Crippen molar-refractivity contribution in [2.24, 2.45) is 10.2 Å². The molecule has 1 amide bonds. The Morgan fingerprint density at radius 1 is 1.20 bits per heavy atom. The average Bonchev–Trinajstić information content (AvgIpc) is 3.06. The number of hydrogen-bond acceptors (Lipinski definition) is 7. The van der Waals surface area contributed by atoms with Gasteiger partial charge in [-0.05, 0) is 43.2 Å². The van der Waals surface area contributed by atoms with Gasteiger partial charge in [0.2, 0.25) is 5.91 Å². The molecule has 30 heavy (non-hydrogen) atoms. The fourth-order valence-corrected chi connectivity index (χ4v) is 4.60. The molecule has 0 radical (unpaired) electrons. The Labute approximate surface area is 180 Å². The van der Waals surface area contributed by atoms with Crippen LogP contribution in [0.3, 0.4) is 0 Å². The standard InChI is InChI=1S/C21H23N3O4S2/c1-3-4-8-19-20(25)23-21(29-19)24-22-14-16-6-5-7-17(13-16)28-30(26,27)18-11-9-15(2)10-12-18/h5-7,9-14,19H,3-4,8H2,1-2H3,(H,23,24,25)/b22-14-/t19-/m1/s1. The van der Waals surface area contributed by atoms with Gasteiger partial charge in [-0.3, -0.25) is 4.79 Å². The molecule has 0 aromatic heterocycles. The van der Waals surface area contributed by atoms with Gasteiger partial charge in [0, 0.05) is 0 Å². The minimum Gasteiger partial charge on any atom is -0.379 e. The van der Waals surface area contributed by atoms with Crippen LogP contribution in [0.15, 0.2) is 63.6 Å². The van der Waals surface area contributed by atoms with Crippen molar-refractivity contribution in [2.75, 3.05) is 0 Å². The molecule has 1 aliphatic rings. The van der Waals surface area contributed by atoms with Crippen LogP contribution in [0.25, 0.3) is 0 Å². The molecule has 2 aromatic rings. The van der Waals surface area contributed by atoms with Crippen molar-refractivity contribution in [2.45, 2.75) is 43.3 Å². The summed E-state index contributed by atoms with van der Waals surface area (Å²) >= 11 is 1.38. The van der Waals surface area contributed by atoms with Gasteiger partial charge < -0.3 is 9.50 Å². The normalized spacial score (nSPS) is 18.1. The van der Waals surface area contributed by atoms with Crippen LogP contribution in [0.5, 0.6) is 5.75 Å². The van der Waals surface area contributed by atoms with Crippen molar-refractivity contribution in [3.8, 4) is 5.75 Å². The number of rotatable bonds is 8. The zero-order valence-corrected chi connectivity index (χ0v) is 18.4. The first-order valence-corrected chi connectivity index (χ1v) is 11.9. The minimum atomic E-state index is -3.92. The Bertz CT molecular complexity index is 1060. The second-order valence-electron chi connectivity index (χ2n) is 6.81. The van der Waals surface area contributed by atoms with Crippen molar-refractivity contribution in [3.05, 3.63) is 59.7 Å². The van der Waals surface area contributed by atoms with Gasteiger partial charge in [-0.15, -0.1) is 5.10 Å². The Morgan fingerprint density at radius 2 is 1.97 bits per heavy atom. The molecule has 0 unspecified atom stereocenters. The van der Waals surface area contributed by atoms with E-state index in [4.69, 9.17) is 4.18 Å². The first-order chi connectivity index (χ1) is 14.4. The third-order valence-electron chi connectivity index (χ3n) is 4.33. The zero-order valence-electron chi connectivity index (χ0n) is 16.7. The van der Waals surface area contributed by atoms with Gasteiger partial charge in [-0.25, -0.2) is 0 Å². The zero-order chi connectivity index (χ0) is 21.6. The lowest BCUT2D eigenvalue weighted by molar-refractivity contribution is -0.118. The van der Waals surface area contributed by atoms with Crippen molar-refractivity contribution in [1.82, 2.24) is 5.32 Å². The summed E-state index contributed by atoms with van der Waals surface area (Å²) in [5, 5.41) is 11.1. The molecule has 0 spiro atoms. The van der Waals surface area contributed by atoms with Gasteiger partial charge in [-0.1, -0.05) is 61.4 Å². The van der Waals surface area contributed by atoms with E-state index in [9.17, 15) is 13.2 Å². The van der Waals surface area contributed by atoms with Crippen LogP contribution < -0.4 is 9.50 Å². The van der Waals surface area contributed by atoms with E-state index >= 15 is 0 Å². The molecule has 1 fully saturated rings. The largest absolute Gasteiger partial charge is 0.379 e. The van der Waals surface area contributed by atoms with E-state index in [-0.39, 0.29) is 21.8 Å². The maximum Gasteiger partial charge on any atom is 0.339 e. The third-order valence-corrected chi connectivity index (χ3v) is 6.73. The number of aryl methyl sites for hydroxylation is 1. The number of nitrogens with zero attached hydrogens (tertiary/aromatic N) is 2. The fourth-order valence-electron chi connectivity index (χ4n) is 2.71. The van der Waals surface area contributed by atoms with Gasteiger partial charge in [0.25, 0.3) is 0 Å². The molecular weight excluding hydrogens is 422 g/mol. The number of unbranched alkanes of at least 4 members (excludes halogenated alkanes) is 1. The molecule has 3 rings (SSSR count). The molecule has 0 bridgehead atoms. The molecule has 2 aromatic carbocycles. The van der Waals surface area contributed by atoms with E-state index < -0.39 is 10.1 Å². The highest BCUT2D eigenvalue weighted by atomic mass is 32.2. The lowest BCUT2D eigenvalue weighted by atomic mass is 10.2. The van der Waals surface area contributed by atoms with Gasteiger partial charge in [-0.2, -0.15) is 13.5 Å². The molecule has 1 aliphatic heterocycles. The lowest BCUT2D eigenvalue weighted by Crippen LogP contribution is -2.24. The van der Waals surface area contributed by atoms with Crippen LogP contribution in [0.4, 0.5) is 0 Å². The summed E-state index contributed by atoms with van der Waals surface area (Å²) in [4.78, 5) is 12.0. The quantitative estimate of drug-likeness (QED) is 0.378. The van der Waals surface area contributed by atoms with Crippen LogP contribution in [-0.4, -0.2) is 31.0 Å². The summed E-state index contributed by atoms with van der Waals surface area (Å²) in [6.07, 6.45) is 4.31. The second-order valence-corrected chi connectivity index (χ2v) is 9.55. The maximum atomic E-state index is 12.4. The van der Waals surface area contributed by atoms with Crippen LogP contribution in [0.2, 0.25) is 0 Å².